The molecule has 0 saturated carbocycles. The van der Waals surface area contributed by atoms with Crippen molar-refractivity contribution in [2.45, 2.75) is 25.0 Å². The van der Waals surface area contributed by atoms with Crippen LogP contribution >= 0.6 is 0 Å². The zero-order chi connectivity index (χ0) is 15.1. The van der Waals surface area contributed by atoms with E-state index < -0.39 is 18.6 Å². The first kappa shape index (κ1) is 16.1. The Hall–Kier alpha value is -1.24. The van der Waals surface area contributed by atoms with Crippen molar-refractivity contribution in [3.05, 3.63) is 29.6 Å². The van der Waals surface area contributed by atoms with Gasteiger partial charge < -0.3 is 19.3 Å². The van der Waals surface area contributed by atoms with E-state index in [9.17, 15) is 13.9 Å². The van der Waals surface area contributed by atoms with Crippen molar-refractivity contribution in [3.63, 3.8) is 0 Å². The number of aliphatic hydroxyl groups excluding tert-OH is 1. The number of ether oxygens (including phenoxy) is 3. The molecule has 1 aromatic carbocycles. The molecule has 1 fully saturated rings. The first-order valence-electron chi connectivity index (χ1n) is 7.07. The zero-order valence-electron chi connectivity index (χ0n) is 11.8. The first-order chi connectivity index (χ1) is 10.2. The standard InChI is InChI=1S/C15H20F2O4/c16-5-8-20-14-2-1-11(17)9-13(14)15(10-18)21-12-3-6-19-7-4-12/h1-2,9,12,15,18H,3-8,10H2. The van der Waals surface area contributed by atoms with Gasteiger partial charge in [-0.1, -0.05) is 0 Å². The fourth-order valence-electron chi connectivity index (χ4n) is 2.31. The van der Waals surface area contributed by atoms with Crippen molar-refractivity contribution in [2.24, 2.45) is 0 Å². The summed E-state index contributed by atoms with van der Waals surface area (Å²) in [6.45, 7) is 0.163. The van der Waals surface area contributed by atoms with Gasteiger partial charge in [0.2, 0.25) is 0 Å². The third-order valence-electron chi connectivity index (χ3n) is 3.34. The predicted octanol–water partition coefficient (Wildman–Crippen LogP) is 2.40. The fraction of sp³-hybridized carbons (Fsp3) is 0.600. The van der Waals surface area contributed by atoms with Crippen LogP contribution in [0.3, 0.4) is 0 Å². The van der Waals surface area contributed by atoms with Gasteiger partial charge in [-0.05, 0) is 31.0 Å². The second kappa shape index (κ2) is 8.26. The molecule has 1 saturated heterocycles. The number of hydrogen-bond acceptors (Lipinski definition) is 4. The van der Waals surface area contributed by atoms with Crippen molar-refractivity contribution < 1.29 is 28.1 Å². The summed E-state index contributed by atoms with van der Waals surface area (Å²) < 4.78 is 42.0. The molecule has 0 radical (unpaired) electrons. The highest BCUT2D eigenvalue weighted by molar-refractivity contribution is 5.36. The Morgan fingerprint density at radius 3 is 2.76 bits per heavy atom. The molecule has 0 amide bonds. The van der Waals surface area contributed by atoms with Gasteiger partial charge in [0.15, 0.2) is 0 Å². The van der Waals surface area contributed by atoms with Crippen LogP contribution in [0, 0.1) is 5.82 Å². The van der Waals surface area contributed by atoms with E-state index in [1.165, 1.54) is 18.2 Å². The lowest BCUT2D eigenvalue weighted by atomic mass is 10.1. The topological polar surface area (TPSA) is 47.9 Å². The molecule has 1 N–H and O–H groups in total. The summed E-state index contributed by atoms with van der Waals surface area (Å²) in [5.74, 6) is -0.119. The van der Waals surface area contributed by atoms with Crippen molar-refractivity contribution in [1.82, 2.24) is 0 Å². The van der Waals surface area contributed by atoms with Crippen LogP contribution in [-0.4, -0.2) is 44.3 Å². The summed E-state index contributed by atoms with van der Waals surface area (Å²) in [6, 6.07) is 3.92. The van der Waals surface area contributed by atoms with Gasteiger partial charge in [-0.2, -0.15) is 0 Å². The summed E-state index contributed by atoms with van der Waals surface area (Å²) in [4.78, 5) is 0. The Labute approximate surface area is 122 Å². The van der Waals surface area contributed by atoms with E-state index in [0.29, 0.717) is 24.5 Å². The Morgan fingerprint density at radius 1 is 1.33 bits per heavy atom. The Bertz CT molecular complexity index is 436. The number of hydrogen-bond donors (Lipinski definition) is 1. The van der Waals surface area contributed by atoms with E-state index in [2.05, 4.69) is 0 Å². The Kier molecular flexibility index (Phi) is 6.35. The van der Waals surface area contributed by atoms with Gasteiger partial charge in [0.25, 0.3) is 0 Å². The van der Waals surface area contributed by atoms with Crippen molar-refractivity contribution >= 4 is 0 Å². The van der Waals surface area contributed by atoms with Crippen LogP contribution in [0.5, 0.6) is 5.75 Å². The normalized spacial score (nSPS) is 17.7. The van der Waals surface area contributed by atoms with E-state index >= 15 is 0 Å². The summed E-state index contributed by atoms with van der Waals surface area (Å²) >= 11 is 0. The monoisotopic (exact) mass is 302 g/mol. The highest BCUT2D eigenvalue weighted by Crippen LogP contribution is 2.31. The maximum Gasteiger partial charge on any atom is 0.125 e. The SMILES string of the molecule is OCC(OC1CCOCC1)c1cc(F)ccc1OCCF. The summed E-state index contributed by atoms with van der Waals surface area (Å²) in [7, 11) is 0. The first-order valence-corrected chi connectivity index (χ1v) is 7.07. The van der Waals surface area contributed by atoms with E-state index in [0.717, 1.165) is 12.8 Å². The second-order valence-electron chi connectivity index (χ2n) is 4.84. The maximum atomic E-state index is 13.5. The predicted molar refractivity (Wildman–Crippen MR) is 72.6 cm³/mol. The molecule has 1 atom stereocenters. The van der Waals surface area contributed by atoms with Crippen molar-refractivity contribution in [1.29, 1.82) is 0 Å². The largest absolute Gasteiger partial charge is 0.490 e. The van der Waals surface area contributed by atoms with Crippen LogP contribution in [0.4, 0.5) is 8.78 Å². The molecule has 21 heavy (non-hydrogen) atoms. The van der Waals surface area contributed by atoms with Crippen LogP contribution in [0.2, 0.25) is 0 Å². The maximum absolute atomic E-state index is 13.5. The van der Waals surface area contributed by atoms with Crippen LogP contribution < -0.4 is 4.74 Å². The lowest BCUT2D eigenvalue weighted by Crippen LogP contribution is -2.26. The lowest BCUT2D eigenvalue weighted by molar-refractivity contribution is -0.0855. The van der Waals surface area contributed by atoms with Gasteiger partial charge in [-0.3, -0.25) is 0 Å². The molecule has 0 spiro atoms. The Morgan fingerprint density at radius 2 is 2.10 bits per heavy atom. The van der Waals surface area contributed by atoms with Gasteiger partial charge >= 0.3 is 0 Å². The molecule has 6 heteroatoms. The van der Waals surface area contributed by atoms with Gasteiger partial charge in [0, 0.05) is 18.8 Å². The van der Waals surface area contributed by atoms with Crippen LogP contribution in [-0.2, 0) is 9.47 Å². The van der Waals surface area contributed by atoms with E-state index in [1.807, 2.05) is 0 Å². The smallest absolute Gasteiger partial charge is 0.125 e. The average Bonchev–Trinajstić information content (AvgIpc) is 2.52. The molecule has 2 rings (SSSR count). The highest BCUT2D eigenvalue weighted by Gasteiger charge is 2.23. The van der Waals surface area contributed by atoms with Crippen LogP contribution in [0.25, 0.3) is 0 Å². The molecule has 1 aromatic rings. The van der Waals surface area contributed by atoms with Crippen LogP contribution in [0.1, 0.15) is 24.5 Å². The molecule has 1 aliphatic rings. The third-order valence-corrected chi connectivity index (χ3v) is 3.34. The number of alkyl halides is 1. The van der Waals surface area contributed by atoms with Gasteiger partial charge in [-0.15, -0.1) is 0 Å². The lowest BCUT2D eigenvalue weighted by Gasteiger charge is -2.28. The molecule has 118 valence electrons. The molecule has 0 aliphatic carbocycles. The second-order valence-corrected chi connectivity index (χ2v) is 4.84. The van der Waals surface area contributed by atoms with Crippen molar-refractivity contribution in [2.75, 3.05) is 33.1 Å². The molecular weight excluding hydrogens is 282 g/mol. The fourth-order valence-corrected chi connectivity index (χ4v) is 2.31. The number of halogens is 2. The number of aliphatic hydroxyl groups is 1. The molecule has 0 bridgehead atoms. The molecule has 4 nitrogen and oxygen atoms in total. The highest BCUT2D eigenvalue weighted by atomic mass is 19.1. The van der Waals surface area contributed by atoms with E-state index in [1.54, 1.807) is 0 Å². The third kappa shape index (κ3) is 4.62. The molecular formula is C15H20F2O4. The minimum absolute atomic E-state index is 0.0480. The van der Waals surface area contributed by atoms with Crippen LogP contribution in [0.15, 0.2) is 18.2 Å². The van der Waals surface area contributed by atoms with Crippen molar-refractivity contribution in [3.8, 4) is 5.75 Å². The zero-order valence-corrected chi connectivity index (χ0v) is 11.8. The average molecular weight is 302 g/mol. The molecule has 1 unspecified atom stereocenters. The molecule has 1 heterocycles. The Balaban J connectivity index is 2.12. The summed E-state index contributed by atoms with van der Waals surface area (Å²) in [5, 5.41) is 9.54. The summed E-state index contributed by atoms with van der Waals surface area (Å²) in [6.07, 6.45) is 0.713. The number of benzene rings is 1. The van der Waals surface area contributed by atoms with E-state index in [-0.39, 0.29) is 19.3 Å². The van der Waals surface area contributed by atoms with Gasteiger partial charge in [0.05, 0.1) is 12.7 Å². The minimum Gasteiger partial charge on any atom is -0.490 e. The molecule has 0 aromatic heterocycles. The minimum atomic E-state index is -0.696. The quantitative estimate of drug-likeness (QED) is 0.840. The summed E-state index contributed by atoms with van der Waals surface area (Å²) in [5.41, 5.74) is 0.400. The number of rotatable bonds is 7. The van der Waals surface area contributed by atoms with E-state index in [4.69, 9.17) is 14.2 Å². The van der Waals surface area contributed by atoms with Gasteiger partial charge in [-0.25, -0.2) is 8.78 Å². The molecule has 1 aliphatic heterocycles. The van der Waals surface area contributed by atoms with Gasteiger partial charge in [0.1, 0.15) is 31.0 Å².